The summed E-state index contributed by atoms with van der Waals surface area (Å²) in [6, 6.07) is 59.3. The van der Waals surface area contributed by atoms with Gasteiger partial charge in [0.05, 0.1) is 52.9 Å². The van der Waals surface area contributed by atoms with Gasteiger partial charge in [0, 0.05) is 7.11 Å². The summed E-state index contributed by atoms with van der Waals surface area (Å²) in [6.45, 7) is 1.73. The normalized spacial score (nSPS) is 25.4. The quantitative estimate of drug-likeness (QED) is 0.0668. The third kappa shape index (κ3) is 13.5. The van der Waals surface area contributed by atoms with Crippen molar-refractivity contribution in [3.63, 3.8) is 0 Å². The standard InChI is InChI=1S/C55H60O11/c1-57-54-53(63-37-45-30-18-7-19-31-45)52(62-36-44-28-16-6-17-29-44)50(47(64-54)39-59-33-41-22-10-3-11-23-41)66-55-51(61-35-43-26-14-5-15-27-43)48(56)49(60-34-42-24-12-4-13-25-42)46(65-55)38-58-32-40-20-8-2-9-21-40/h2-31,46-56H,32-39H2,1H3. The molecule has 2 aliphatic rings. The van der Waals surface area contributed by atoms with Crippen molar-refractivity contribution in [3.05, 3.63) is 215 Å². The Labute approximate surface area is 388 Å². The van der Waals surface area contributed by atoms with Crippen LogP contribution < -0.4 is 0 Å². The molecule has 2 aliphatic heterocycles. The smallest absolute Gasteiger partial charge is 0.187 e. The maximum Gasteiger partial charge on any atom is 0.187 e. The number of benzene rings is 6. The molecule has 11 nitrogen and oxygen atoms in total. The Hall–Kier alpha value is -5.12. The number of hydrogen-bond acceptors (Lipinski definition) is 11. The van der Waals surface area contributed by atoms with Crippen molar-refractivity contribution in [2.75, 3.05) is 20.3 Å². The summed E-state index contributed by atoms with van der Waals surface area (Å²) >= 11 is 0. The molecule has 8 rings (SSSR count). The van der Waals surface area contributed by atoms with Crippen molar-refractivity contribution in [1.29, 1.82) is 0 Å². The van der Waals surface area contributed by atoms with Gasteiger partial charge in [-0.25, -0.2) is 0 Å². The first-order chi connectivity index (χ1) is 32.6. The van der Waals surface area contributed by atoms with Crippen molar-refractivity contribution in [2.24, 2.45) is 0 Å². The SMILES string of the molecule is COC1OC(COCc2ccccc2)C(OC2OC(COCc3ccccc3)C(OCc3ccccc3)C(O)C2OCc2ccccc2)C(OCc2ccccc2)C1OCc1ccccc1. The lowest BCUT2D eigenvalue weighted by atomic mass is 9.96. The highest BCUT2D eigenvalue weighted by Crippen LogP contribution is 2.36. The van der Waals surface area contributed by atoms with Crippen LogP contribution in [0.2, 0.25) is 0 Å². The molecule has 0 radical (unpaired) electrons. The van der Waals surface area contributed by atoms with Crippen molar-refractivity contribution >= 4 is 0 Å². The molecule has 0 aliphatic carbocycles. The van der Waals surface area contributed by atoms with Crippen molar-refractivity contribution in [3.8, 4) is 0 Å². The number of aliphatic hydroxyl groups is 1. The van der Waals surface area contributed by atoms with Gasteiger partial charge in [0.25, 0.3) is 0 Å². The first kappa shape index (κ1) is 47.4. The summed E-state index contributed by atoms with van der Waals surface area (Å²) in [4.78, 5) is 0. The monoisotopic (exact) mass is 896 g/mol. The molecule has 6 aromatic rings. The minimum Gasteiger partial charge on any atom is -0.387 e. The van der Waals surface area contributed by atoms with Gasteiger partial charge in [0.15, 0.2) is 12.6 Å². The fourth-order valence-corrected chi connectivity index (χ4v) is 8.21. The van der Waals surface area contributed by atoms with Gasteiger partial charge in [-0.1, -0.05) is 182 Å². The Balaban J connectivity index is 1.13. The third-order valence-corrected chi connectivity index (χ3v) is 11.7. The second-order valence-electron chi connectivity index (χ2n) is 16.5. The summed E-state index contributed by atoms with van der Waals surface area (Å²) < 4.78 is 66.6. The summed E-state index contributed by atoms with van der Waals surface area (Å²) in [6.07, 6.45) is -9.18. The maximum absolute atomic E-state index is 12.6. The van der Waals surface area contributed by atoms with Crippen molar-refractivity contribution in [2.45, 2.75) is 101 Å². The Morgan fingerprint density at radius 2 is 0.682 bits per heavy atom. The largest absolute Gasteiger partial charge is 0.387 e. The summed E-state index contributed by atoms with van der Waals surface area (Å²) in [5.74, 6) is 0. The van der Waals surface area contributed by atoms with E-state index >= 15 is 0 Å². The van der Waals surface area contributed by atoms with Gasteiger partial charge in [-0.15, -0.1) is 0 Å². The predicted molar refractivity (Wildman–Crippen MR) is 247 cm³/mol. The van der Waals surface area contributed by atoms with E-state index < -0.39 is 61.4 Å². The van der Waals surface area contributed by atoms with Crippen LogP contribution >= 0.6 is 0 Å². The fraction of sp³-hybridized carbons (Fsp3) is 0.345. The number of aliphatic hydroxyl groups excluding tert-OH is 1. The molecule has 66 heavy (non-hydrogen) atoms. The average Bonchev–Trinajstić information content (AvgIpc) is 3.37. The van der Waals surface area contributed by atoms with E-state index in [4.69, 9.17) is 47.4 Å². The van der Waals surface area contributed by atoms with E-state index in [1.54, 1.807) is 7.11 Å². The van der Waals surface area contributed by atoms with E-state index in [0.29, 0.717) is 13.2 Å². The van der Waals surface area contributed by atoms with E-state index in [-0.39, 0.29) is 39.6 Å². The van der Waals surface area contributed by atoms with Crippen LogP contribution in [0.15, 0.2) is 182 Å². The van der Waals surface area contributed by atoms with E-state index in [9.17, 15) is 5.11 Å². The molecule has 1 N–H and O–H groups in total. The van der Waals surface area contributed by atoms with E-state index in [1.165, 1.54) is 0 Å². The molecule has 0 saturated carbocycles. The predicted octanol–water partition coefficient (Wildman–Crippen LogP) is 8.60. The number of rotatable bonds is 23. The van der Waals surface area contributed by atoms with Crippen LogP contribution in [-0.4, -0.2) is 86.8 Å². The Kier molecular flexibility index (Phi) is 18.0. The van der Waals surface area contributed by atoms with Crippen LogP contribution in [0.5, 0.6) is 0 Å². The molecule has 10 unspecified atom stereocenters. The van der Waals surface area contributed by atoms with Crippen LogP contribution in [0.3, 0.4) is 0 Å². The van der Waals surface area contributed by atoms with E-state index in [1.807, 2.05) is 182 Å². The lowest BCUT2D eigenvalue weighted by Gasteiger charge is -2.49. The average molecular weight is 897 g/mol. The zero-order chi connectivity index (χ0) is 45.2. The molecular formula is C55H60O11. The van der Waals surface area contributed by atoms with E-state index in [2.05, 4.69) is 0 Å². The van der Waals surface area contributed by atoms with Gasteiger partial charge >= 0.3 is 0 Å². The van der Waals surface area contributed by atoms with Crippen molar-refractivity contribution in [1.82, 2.24) is 0 Å². The minimum absolute atomic E-state index is 0.0873. The molecule has 2 heterocycles. The lowest BCUT2D eigenvalue weighted by molar-refractivity contribution is -0.373. The molecule has 6 aromatic carbocycles. The third-order valence-electron chi connectivity index (χ3n) is 11.7. The highest BCUT2D eigenvalue weighted by molar-refractivity contribution is 5.18. The maximum atomic E-state index is 12.6. The van der Waals surface area contributed by atoms with Crippen LogP contribution in [0.4, 0.5) is 0 Å². The van der Waals surface area contributed by atoms with E-state index in [0.717, 1.165) is 33.4 Å². The Morgan fingerprint density at radius 1 is 0.364 bits per heavy atom. The summed E-state index contributed by atoms with van der Waals surface area (Å²) in [5, 5.41) is 12.6. The zero-order valence-corrected chi connectivity index (χ0v) is 37.3. The number of methoxy groups -OCH3 is 1. The summed E-state index contributed by atoms with van der Waals surface area (Å²) in [7, 11) is 1.59. The van der Waals surface area contributed by atoms with Gasteiger partial charge < -0.3 is 52.5 Å². The van der Waals surface area contributed by atoms with Crippen molar-refractivity contribution < 1.29 is 52.5 Å². The second kappa shape index (κ2) is 25.1. The Morgan fingerprint density at radius 3 is 1.08 bits per heavy atom. The lowest BCUT2D eigenvalue weighted by Crippen LogP contribution is -2.66. The van der Waals surface area contributed by atoms with Gasteiger partial charge in [-0.3, -0.25) is 0 Å². The molecule has 0 spiro atoms. The summed E-state index contributed by atoms with van der Waals surface area (Å²) in [5.41, 5.74) is 5.78. The van der Waals surface area contributed by atoms with Gasteiger partial charge in [0.2, 0.25) is 0 Å². The number of ether oxygens (including phenoxy) is 10. The van der Waals surface area contributed by atoms with Gasteiger partial charge in [-0.05, 0) is 33.4 Å². The highest BCUT2D eigenvalue weighted by atomic mass is 16.8. The van der Waals surface area contributed by atoms with Crippen LogP contribution in [0.1, 0.15) is 33.4 Å². The first-order valence-electron chi connectivity index (χ1n) is 22.6. The zero-order valence-electron chi connectivity index (χ0n) is 37.3. The second-order valence-corrected chi connectivity index (χ2v) is 16.5. The molecular weight excluding hydrogens is 837 g/mol. The molecule has 0 aromatic heterocycles. The molecule has 0 bridgehead atoms. The molecule has 346 valence electrons. The van der Waals surface area contributed by atoms with Crippen LogP contribution in [0, 0.1) is 0 Å². The molecule has 10 atom stereocenters. The van der Waals surface area contributed by atoms with Crippen LogP contribution in [-0.2, 0) is 87.0 Å². The fourth-order valence-electron chi connectivity index (χ4n) is 8.21. The number of hydrogen-bond donors (Lipinski definition) is 1. The van der Waals surface area contributed by atoms with Gasteiger partial charge in [-0.2, -0.15) is 0 Å². The molecule has 2 saturated heterocycles. The van der Waals surface area contributed by atoms with Gasteiger partial charge in [0.1, 0.15) is 48.8 Å². The minimum atomic E-state index is -1.22. The molecule has 2 fully saturated rings. The Bertz CT molecular complexity index is 2220. The van der Waals surface area contributed by atoms with Crippen LogP contribution in [0.25, 0.3) is 0 Å². The first-order valence-corrected chi connectivity index (χ1v) is 22.6. The highest BCUT2D eigenvalue weighted by Gasteiger charge is 2.54. The molecule has 0 amide bonds. The molecule has 11 heteroatoms. The topological polar surface area (TPSA) is 113 Å².